The summed E-state index contributed by atoms with van der Waals surface area (Å²) in [5.41, 5.74) is 0.163. The normalized spacial score (nSPS) is 29.1. The van der Waals surface area contributed by atoms with Gasteiger partial charge in [0.25, 0.3) is 0 Å². The molecule has 3 fully saturated rings. The molecule has 0 amide bonds. The molecule has 8 heteroatoms. The highest BCUT2D eigenvalue weighted by atomic mass is 127. The fraction of sp³-hybridized carbons (Fsp3) is 0.952. The number of rotatable bonds is 7. The lowest BCUT2D eigenvalue weighted by molar-refractivity contribution is -0.0139. The molecule has 29 heavy (non-hydrogen) atoms. The first-order valence-electron chi connectivity index (χ1n) is 11.4. The molecule has 2 aliphatic heterocycles. The molecule has 0 aromatic heterocycles. The predicted octanol–water partition coefficient (Wildman–Crippen LogP) is 2.88. The molecule has 2 N–H and O–H groups in total. The maximum Gasteiger partial charge on any atom is 0.191 e. The number of ether oxygens (including phenoxy) is 1. The molecule has 0 aromatic rings. The minimum atomic E-state index is -0.690. The van der Waals surface area contributed by atoms with Crippen LogP contribution in [0.1, 0.15) is 65.2 Å². The van der Waals surface area contributed by atoms with E-state index >= 15 is 0 Å². The summed E-state index contributed by atoms with van der Waals surface area (Å²) < 4.78 is 17.9. The lowest BCUT2D eigenvalue weighted by Gasteiger charge is -2.43. The Labute approximate surface area is 196 Å². The summed E-state index contributed by atoms with van der Waals surface area (Å²) >= 11 is 0. The monoisotopic (exact) mass is 540 g/mol. The first-order valence-corrected chi connectivity index (χ1v) is 12.8. The number of halogens is 1. The van der Waals surface area contributed by atoms with Gasteiger partial charge in [0.1, 0.15) is 0 Å². The van der Waals surface area contributed by atoms with Crippen molar-refractivity contribution in [2.45, 2.75) is 82.0 Å². The van der Waals surface area contributed by atoms with Gasteiger partial charge in [-0.3, -0.25) is 14.1 Å². The number of aliphatic imine (C=N–C) groups is 1. The predicted molar refractivity (Wildman–Crippen MR) is 133 cm³/mol. The third-order valence-electron chi connectivity index (χ3n) is 6.70. The molecule has 2 heterocycles. The van der Waals surface area contributed by atoms with E-state index in [1.165, 1.54) is 25.9 Å². The van der Waals surface area contributed by atoms with Crippen LogP contribution in [0, 0.1) is 0 Å². The van der Waals surface area contributed by atoms with Crippen LogP contribution in [0.5, 0.6) is 0 Å². The van der Waals surface area contributed by atoms with Crippen LogP contribution in [-0.4, -0.2) is 77.0 Å². The van der Waals surface area contributed by atoms with Gasteiger partial charge < -0.3 is 15.4 Å². The highest BCUT2D eigenvalue weighted by Crippen LogP contribution is 2.31. The van der Waals surface area contributed by atoms with Crippen molar-refractivity contribution < 1.29 is 8.95 Å². The van der Waals surface area contributed by atoms with Gasteiger partial charge in [0, 0.05) is 53.1 Å². The standard InChI is InChI=1S/C21H40N4O2S.HI/c1-3-22-20(24-18-8-7-9-19(16-18)28(26)4-2)23-17-21(10-14-27-15-11-21)25-12-5-6-13-25;/h18-19H,3-17H2,1-2H3,(H2,22,23,24);1H. The van der Waals surface area contributed by atoms with Gasteiger partial charge in [0.2, 0.25) is 0 Å². The Kier molecular flexibility index (Phi) is 11.2. The molecule has 1 aliphatic carbocycles. The minimum Gasteiger partial charge on any atom is -0.381 e. The van der Waals surface area contributed by atoms with Crippen LogP contribution in [0.15, 0.2) is 4.99 Å². The molecule has 3 aliphatic rings. The van der Waals surface area contributed by atoms with E-state index < -0.39 is 10.8 Å². The van der Waals surface area contributed by atoms with E-state index in [2.05, 4.69) is 22.5 Å². The Hall–Kier alpha value is 0.0700. The lowest BCUT2D eigenvalue weighted by Crippen LogP contribution is -2.54. The first-order chi connectivity index (χ1) is 13.7. The van der Waals surface area contributed by atoms with Crippen LogP contribution in [0.25, 0.3) is 0 Å². The van der Waals surface area contributed by atoms with Gasteiger partial charge in [-0.1, -0.05) is 13.3 Å². The summed E-state index contributed by atoms with van der Waals surface area (Å²) in [7, 11) is -0.690. The van der Waals surface area contributed by atoms with E-state index in [4.69, 9.17) is 9.73 Å². The second-order valence-electron chi connectivity index (χ2n) is 8.53. The van der Waals surface area contributed by atoms with Gasteiger partial charge >= 0.3 is 0 Å². The summed E-state index contributed by atoms with van der Waals surface area (Å²) in [4.78, 5) is 7.73. The Balaban J connectivity index is 0.00000300. The van der Waals surface area contributed by atoms with E-state index in [0.717, 1.165) is 76.5 Å². The van der Waals surface area contributed by atoms with Crippen LogP contribution in [-0.2, 0) is 15.5 Å². The van der Waals surface area contributed by atoms with Gasteiger partial charge in [-0.25, -0.2) is 0 Å². The smallest absolute Gasteiger partial charge is 0.191 e. The van der Waals surface area contributed by atoms with E-state index in [-0.39, 0.29) is 29.5 Å². The van der Waals surface area contributed by atoms with Gasteiger partial charge in [0.15, 0.2) is 5.96 Å². The average Bonchev–Trinajstić information content (AvgIpc) is 3.28. The number of hydrogen-bond donors (Lipinski definition) is 2. The molecular formula is C21H41IN4O2S. The molecule has 6 nitrogen and oxygen atoms in total. The van der Waals surface area contributed by atoms with Gasteiger partial charge in [-0.2, -0.15) is 0 Å². The van der Waals surface area contributed by atoms with Crippen molar-refractivity contribution >= 4 is 40.7 Å². The van der Waals surface area contributed by atoms with Gasteiger partial charge in [-0.05, 0) is 65.0 Å². The van der Waals surface area contributed by atoms with Gasteiger partial charge in [0.05, 0.1) is 6.54 Å². The van der Waals surface area contributed by atoms with Crippen LogP contribution in [0.2, 0.25) is 0 Å². The van der Waals surface area contributed by atoms with Crippen molar-refractivity contribution in [3.05, 3.63) is 0 Å². The topological polar surface area (TPSA) is 66.0 Å². The Morgan fingerprint density at radius 1 is 1.17 bits per heavy atom. The Bertz CT molecular complexity index is 537. The first kappa shape index (κ1) is 25.3. The molecule has 0 spiro atoms. The zero-order valence-electron chi connectivity index (χ0n) is 18.3. The lowest BCUT2D eigenvalue weighted by atomic mass is 9.88. The SMILES string of the molecule is CCNC(=NCC1(N2CCCC2)CCOCC1)NC1CCCC(S(=O)CC)C1.I. The molecule has 170 valence electrons. The number of nitrogens with one attached hydrogen (secondary N) is 2. The summed E-state index contributed by atoms with van der Waals surface area (Å²) in [6.45, 7) is 9.96. The average molecular weight is 541 g/mol. The van der Waals surface area contributed by atoms with Crippen LogP contribution in [0.4, 0.5) is 0 Å². The van der Waals surface area contributed by atoms with Crippen molar-refractivity contribution in [1.82, 2.24) is 15.5 Å². The maximum atomic E-state index is 12.3. The number of guanidine groups is 1. The zero-order valence-corrected chi connectivity index (χ0v) is 21.4. The Morgan fingerprint density at radius 2 is 1.90 bits per heavy atom. The molecule has 2 saturated heterocycles. The van der Waals surface area contributed by atoms with Crippen LogP contribution in [0.3, 0.4) is 0 Å². The van der Waals surface area contributed by atoms with E-state index in [0.29, 0.717) is 11.3 Å². The summed E-state index contributed by atoms with van der Waals surface area (Å²) in [5.74, 6) is 1.70. The minimum absolute atomic E-state index is 0. The van der Waals surface area contributed by atoms with Crippen LogP contribution >= 0.6 is 24.0 Å². The number of hydrogen-bond acceptors (Lipinski definition) is 4. The highest BCUT2D eigenvalue weighted by molar-refractivity contribution is 14.0. The van der Waals surface area contributed by atoms with Crippen molar-refractivity contribution in [2.24, 2.45) is 4.99 Å². The van der Waals surface area contributed by atoms with Crippen LogP contribution < -0.4 is 10.6 Å². The summed E-state index contributed by atoms with van der Waals surface area (Å²) in [6, 6.07) is 0.379. The molecule has 3 rings (SSSR count). The summed E-state index contributed by atoms with van der Waals surface area (Å²) in [6.07, 6.45) is 9.18. The molecule has 0 bridgehead atoms. The molecular weight excluding hydrogens is 499 g/mol. The quantitative estimate of drug-likeness (QED) is 0.296. The molecule has 3 atom stereocenters. The van der Waals surface area contributed by atoms with Crippen molar-refractivity contribution in [1.29, 1.82) is 0 Å². The largest absolute Gasteiger partial charge is 0.381 e. The fourth-order valence-corrected chi connectivity index (χ4v) is 6.36. The number of likely N-dealkylation sites (tertiary alicyclic amines) is 1. The molecule has 0 radical (unpaired) electrons. The van der Waals surface area contributed by atoms with E-state index in [1.807, 2.05) is 6.92 Å². The molecule has 0 aromatic carbocycles. The second kappa shape index (κ2) is 12.8. The third kappa shape index (κ3) is 7.04. The van der Waals surface area contributed by atoms with Crippen molar-refractivity contribution in [3.63, 3.8) is 0 Å². The molecule has 1 saturated carbocycles. The van der Waals surface area contributed by atoms with Gasteiger partial charge in [-0.15, -0.1) is 24.0 Å². The number of nitrogens with zero attached hydrogens (tertiary/aromatic N) is 2. The maximum absolute atomic E-state index is 12.3. The van der Waals surface area contributed by atoms with E-state index in [1.54, 1.807) is 0 Å². The Morgan fingerprint density at radius 3 is 2.55 bits per heavy atom. The zero-order chi connectivity index (χ0) is 19.8. The second-order valence-corrected chi connectivity index (χ2v) is 10.5. The fourth-order valence-electron chi connectivity index (χ4n) is 5.01. The third-order valence-corrected chi connectivity index (χ3v) is 8.44. The van der Waals surface area contributed by atoms with Crippen molar-refractivity contribution in [3.8, 4) is 0 Å². The summed E-state index contributed by atoms with van der Waals surface area (Å²) in [5, 5.41) is 7.45. The highest BCUT2D eigenvalue weighted by Gasteiger charge is 2.39. The van der Waals surface area contributed by atoms with E-state index in [9.17, 15) is 4.21 Å². The molecule has 3 unspecified atom stereocenters. The van der Waals surface area contributed by atoms with Crippen molar-refractivity contribution in [2.75, 3.05) is 45.1 Å².